The molecule has 1 saturated heterocycles. The molecule has 1 unspecified atom stereocenters. The number of hydrogen-bond donors (Lipinski definition) is 2. The topological polar surface area (TPSA) is 59.6 Å². The molecular weight excluding hydrogens is 258 g/mol. The molecule has 1 aromatic rings. The van der Waals surface area contributed by atoms with Gasteiger partial charge in [-0.2, -0.15) is 8.78 Å². The lowest BCUT2D eigenvalue weighted by atomic mass is 10.2. The van der Waals surface area contributed by atoms with Crippen molar-refractivity contribution >= 4 is 11.6 Å². The lowest BCUT2D eigenvalue weighted by Crippen LogP contribution is -2.45. The van der Waals surface area contributed by atoms with Crippen LogP contribution in [0.4, 0.5) is 14.5 Å². The maximum atomic E-state index is 12.1. The lowest BCUT2D eigenvalue weighted by Gasteiger charge is -2.22. The van der Waals surface area contributed by atoms with E-state index in [1.807, 2.05) is 0 Å². The standard InChI is InChI=1S/C12H14F2N2O3/c13-12(14)19-9-3-1-2-8(6-9)16-11(17)10-7-15-4-5-18-10/h1-3,6,10,12,15H,4-5,7H2,(H,16,17). The number of carbonyl (C=O) groups excluding carboxylic acids is 1. The summed E-state index contributed by atoms with van der Waals surface area (Å²) in [7, 11) is 0. The Kier molecular flexibility index (Phi) is 4.64. The third kappa shape index (κ3) is 4.15. The minimum Gasteiger partial charge on any atom is -0.435 e. The zero-order chi connectivity index (χ0) is 13.7. The molecule has 2 rings (SSSR count). The van der Waals surface area contributed by atoms with E-state index in [4.69, 9.17) is 4.74 Å². The molecule has 1 aliphatic heterocycles. The summed E-state index contributed by atoms with van der Waals surface area (Å²) in [5.74, 6) is -0.322. The minimum atomic E-state index is -2.89. The third-order valence-electron chi connectivity index (χ3n) is 2.55. The molecule has 5 nitrogen and oxygen atoms in total. The van der Waals surface area contributed by atoms with Gasteiger partial charge in [-0.25, -0.2) is 0 Å². The number of benzene rings is 1. The first kappa shape index (κ1) is 13.7. The molecule has 1 fully saturated rings. The van der Waals surface area contributed by atoms with Crippen LogP contribution in [-0.2, 0) is 9.53 Å². The van der Waals surface area contributed by atoms with Crippen molar-refractivity contribution in [3.05, 3.63) is 24.3 Å². The van der Waals surface area contributed by atoms with Crippen molar-refractivity contribution in [2.45, 2.75) is 12.7 Å². The summed E-state index contributed by atoms with van der Waals surface area (Å²) in [6.45, 7) is -1.29. The molecule has 0 aromatic heterocycles. The Balaban J connectivity index is 1.96. The van der Waals surface area contributed by atoms with Gasteiger partial charge in [0, 0.05) is 24.8 Å². The number of carbonyl (C=O) groups is 1. The highest BCUT2D eigenvalue weighted by molar-refractivity contribution is 5.94. The van der Waals surface area contributed by atoms with E-state index in [0.717, 1.165) is 0 Å². The average molecular weight is 272 g/mol. The second kappa shape index (κ2) is 6.44. The molecule has 7 heteroatoms. The Morgan fingerprint density at radius 3 is 3.05 bits per heavy atom. The van der Waals surface area contributed by atoms with E-state index >= 15 is 0 Å². The number of morpholine rings is 1. The van der Waals surface area contributed by atoms with Gasteiger partial charge in [0.1, 0.15) is 11.9 Å². The summed E-state index contributed by atoms with van der Waals surface area (Å²) in [5, 5.41) is 5.63. The molecule has 0 aliphatic carbocycles. The van der Waals surface area contributed by atoms with Crippen LogP contribution in [0.5, 0.6) is 5.75 Å². The van der Waals surface area contributed by atoms with E-state index in [-0.39, 0.29) is 11.7 Å². The molecule has 104 valence electrons. The number of amides is 1. The summed E-state index contributed by atoms with van der Waals surface area (Å²) in [6.07, 6.45) is -0.576. The van der Waals surface area contributed by atoms with Crippen LogP contribution in [-0.4, -0.2) is 38.3 Å². The van der Waals surface area contributed by atoms with E-state index in [1.165, 1.54) is 18.2 Å². The molecule has 0 spiro atoms. The van der Waals surface area contributed by atoms with Gasteiger partial charge in [-0.1, -0.05) is 6.07 Å². The van der Waals surface area contributed by atoms with E-state index in [2.05, 4.69) is 15.4 Å². The van der Waals surface area contributed by atoms with E-state index in [0.29, 0.717) is 25.4 Å². The number of anilines is 1. The predicted octanol–water partition coefficient (Wildman–Crippen LogP) is 1.21. The van der Waals surface area contributed by atoms with Crippen molar-refractivity contribution in [2.24, 2.45) is 0 Å². The van der Waals surface area contributed by atoms with Gasteiger partial charge in [-0.05, 0) is 12.1 Å². The van der Waals surface area contributed by atoms with E-state index < -0.39 is 12.7 Å². The fraction of sp³-hybridized carbons (Fsp3) is 0.417. The van der Waals surface area contributed by atoms with Gasteiger partial charge < -0.3 is 20.1 Å². The molecule has 1 aliphatic rings. The largest absolute Gasteiger partial charge is 0.435 e. The first-order chi connectivity index (χ1) is 9.15. The Bertz CT molecular complexity index is 437. The smallest absolute Gasteiger partial charge is 0.387 e. The highest BCUT2D eigenvalue weighted by Crippen LogP contribution is 2.19. The van der Waals surface area contributed by atoms with Crippen molar-refractivity contribution in [3.8, 4) is 5.75 Å². The number of hydrogen-bond acceptors (Lipinski definition) is 4. The molecule has 0 radical (unpaired) electrons. The predicted molar refractivity (Wildman–Crippen MR) is 64.3 cm³/mol. The molecule has 19 heavy (non-hydrogen) atoms. The highest BCUT2D eigenvalue weighted by Gasteiger charge is 2.21. The molecule has 0 bridgehead atoms. The van der Waals surface area contributed by atoms with Crippen molar-refractivity contribution in [3.63, 3.8) is 0 Å². The van der Waals surface area contributed by atoms with Crippen LogP contribution >= 0.6 is 0 Å². The Morgan fingerprint density at radius 2 is 2.37 bits per heavy atom. The maximum absolute atomic E-state index is 12.1. The minimum absolute atomic E-state index is 0.00418. The van der Waals surface area contributed by atoms with Gasteiger partial charge in [0.15, 0.2) is 0 Å². The zero-order valence-corrected chi connectivity index (χ0v) is 10.1. The van der Waals surface area contributed by atoms with Gasteiger partial charge in [0.2, 0.25) is 0 Å². The number of alkyl halides is 2. The third-order valence-corrected chi connectivity index (χ3v) is 2.55. The van der Waals surface area contributed by atoms with Crippen LogP contribution in [0, 0.1) is 0 Å². The van der Waals surface area contributed by atoms with Crippen LogP contribution in [0.25, 0.3) is 0 Å². The molecule has 1 atom stereocenters. The molecule has 1 amide bonds. The van der Waals surface area contributed by atoms with Gasteiger partial charge in [0.25, 0.3) is 5.91 Å². The Morgan fingerprint density at radius 1 is 1.53 bits per heavy atom. The van der Waals surface area contributed by atoms with Crippen LogP contribution in [0.15, 0.2) is 24.3 Å². The summed E-state index contributed by atoms with van der Waals surface area (Å²) >= 11 is 0. The van der Waals surface area contributed by atoms with Gasteiger partial charge in [-0.15, -0.1) is 0 Å². The van der Waals surface area contributed by atoms with Crippen LogP contribution in [0.3, 0.4) is 0 Å². The van der Waals surface area contributed by atoms with Gasteiger partial charge >= 0.3 is 6.61 Å². The molecule has 1 aromatic carbocycles. The maximum Gasteiger partial charge on any atom is 0.387 e. The Labute approximate surface area is 108 Å². The summed E-state index contributed by atoms with van der Waals surface area (Å²) in [6, 6.07) is 5.83. The normalized spacial score (nSPS) is 19.2. The van der Waals surface area contributed by atoms with Gasteiger partial charge in [0.05, 0.1) is 6.61 Å². The number of rotatable bonds is 4. The SMILES string of the molecule is O=C(Nc1cccc(OC(F)F)c1)C1CNCCO1. The van der Waals surface area contributed by atoms with Crippen molar-refractivity contribution in [1.29, 1.82) is 0 Å². The quantitative estimate of drug-likeness (QED) is 0.865. The zero-order valence-electron chi connectivity index (χ0n) is 10.1. The first-order valence-electron chi connectivity index (χ1n) is 5.83. The fourth-order valence-electron chi connectivity index (χ4n) is 1.71. The van der Waals surface area contributed by atoms with Crippen molar-refractivity contribution in [2.75, 3.05) is 25.0 Å². The van der Waals surface area contributed by atoms with E-state index in [9.17, 15) is 13.6 Å². The molecule has 1 heterocycles. The lowest BCUT2D eigenvalue weighted by molar-refractivity contribution is -0.128. The van der Waals surface area contributed by atoms with Crippen LogP contribution in [0.1, 0.15) is 0 Å². The molecule has 0 saturated carbocycles. The fourth-order valence-corrected chi connectivity index (χ4v) is 1.71. The van der Waals surface area contributed by atoms with Crippen molar-refractivity contribution in [1.82, 2.24) is 5.32 Å². The van der Waals surface area contributed by atoms with Gasteiger partial charge in [-0.3, -0.25) is 4.79 Å². The second-order valence-corrected chi connectivity index (χ2v) is 3.96. The summed E-state index contributed by atoms with van der Waals surface area (Å²) in [4.78, 5) is 11.8. The first-order valence-corrected chi connectivity index (χ1v) is 5.83. The number of nitrogens with one attached hydrogen (secondary N) is 2. The van der Waals surface area contributed by atoms with E-state index in [1.54, 1.807) is 6.07 Å². The second-order valence-electron chi connectivity index (χ2n) is 3.96. The summed E-state index contributed by atoms with van der Waals surface area (Å²) < 4.78 is 33.7. The monoisotopic (exact) mass is 272 g/mol. The molecular formula is C12H14F2N2O3. The highest BCUT2D eigenvalue weighted by atomic mass is 19.3. The molecule has 2 N–H and O–H groups in total. The number of ether oxygens (including phenoxy) is 2. The van der Waals surface area contributed by atoms with Crippen molar-refractivity contribution < 1.29 is 23.0 Å². The summed E-state index contributed by atoms with van der Waals surface area (Å²) in [5.41, 5.74) is 0.386. The number of halogens is 2. The Hall–Kier alpha value is -1.73. The van der Waals surface area contributed by atoms with Crippen LogP contribution in [0.2, 0.25) is 0 Å². The average Bonchev–Trinajstić information content (AvgIpc) is 2.39. The van der Waals surface area contributed by atoms with Crippen LogP contribution < -0.4 is 15.4 Å².